The third-order valence-electron chi connectivity index (χ3n) is 2.81. The Balaban J connectivity index is 1.85. The second-order valence-electron chi connectivity index (χ2n) is 4.49. The van der Waals surface area contributed by atoms with E-state index in [1.54, 1.807) is 12.1 Å². The number of amides is 1. The molecule has 0 heterocycles. The fourth-order valence-corrected chi connectivity index (χ4v) is 1.86. The Labute approximate surface area is 119 Å². The van der Waals surface area contributed by atoms with Crippen molar-refractivity contribution in [1.29, 1.82) is 0 Å². The smallest absolute Gasteiger partial charge is 0.370 e. The Morgan fingerprint density at radius 3 is 2.52 bits per heavy atom. The maximum atomic E-state index is 11.9. The second kappa shape index (κ2) is 6.58. The fourth-order valence-electron chi connectivity index (χ4n) is 1.86. The summed E-state index contributed by atoms with van der Waals surface area (Å²) in [6.45, 7) is -1.46. The van der Waals surface area contributed by atoms with Crippen LogP contribution in [0.15, 0.2) is 42.5 Å². The average Bonchev–Trinajstić information content (AvgIpc) is 2.45. The van der Waals surface area contributed by atoms with Gasteiger partial charge in [-0.1, -0.05) is 30.3 Å². The maximum absolute atomic E-state index is 11.9. The van der Waals surface area contributed by atoms with Crippen molar-refractivity contribution in [3.63, 3.8) is 0 Å². The molecule has 0 radical (unpaired) electrons. The molecule has 21 heavy (non-hydrogen) atoms. The SMILES string of the molecule is O=C(NCCOCC(F)(F)F)c1ccc2ccccc2c1. The average molecular weight is 297 g/mol. The summed E-state index contributed by atoms with van der Waals surface area (Å²) >= 11 is 0. The number of halogens is 3. The third kappa shape index (κ3) is 4.75. The molecule has 1 N–H and O–H groups in total. The van der Waals surface area contributed by atoms with Crippen molar-refractivity contribution in [2.24, 2.45) is 0 Å². The largest absolute Gasteiger partial charge is 0.411 e. The highest BCUT2D eigenvalue weighted by molar-refractivity contribution is 5.98. The molecule has 0 saturated heterocycles. The predicted molar refractivity (Wildman–Crippen MR) is 73.2 cm³/mol. The lowest BCUT2D eigenvalue weighted by Gasteiger charge is -2.09. The van der Waals surface area contributed by atoms with Crippen LogP contribution in [0.5, 0.6) is 0 Å². The van der Waals surface area contributed by atoms with Crippen molar-refractivity contribution in [1.82, 2.24) is 5.32 Å². The molecule has 0 aliphatic rings. The van der Waals surface area contributed by atoms with E-state index in [1.807, 2.05) is 30.3 Å². The molecule has 2 rings (SSSR count). The molecule has 3 nitrogen and oxygen atoms in total. The molecule has 0 spiro atoms. The van der Waals surface area contributed by atoms with Crippen LogP contribution < -0.4 is 5.32 Å². The molecule has 0 bridgehead atoms. The van der Waals surface area contributed by atoms with Gasteiger partial charge in [-0.25, -0.2) is 0 Å². The second-order valence-corrected chi connectivity index (χ2v) is 4.49. The van der Waals surface area contributed by atoms with Gasteiger partial charge in [-0.05, 0) is 22.9 Å². The number of alkyl halides is 3. The summed E-state index contributed by atoms with van der Waals surface area (Å²) in [4.78, 5) is 11.9. The standard InChI is InChI=1S/C15H14F3NO2/c16-15(17,18)10-21-8-7-19-14(20)13-6-5-11-3-1-2-4-12(11)9-13/h1-6,9H,7-8,10H2,(H,19,20). The van der Waals surface area contributed by atoms with E-state index in [-0.39, 0.29) is 19.1 Å². The number of rotatable bonds is 5. The van der Waals surface area contributed by atoms with Crippen LogP contribution in [0.3, 0.4) is 0 Å². The van der Waals surface area contributed by atoms with Gasteiger partial charge in [0, 0.05) is 12.1 Å². The van der Waals surface area contributed by atoms with Gasteiger partial charge in [0.1, 0.15) is 6.61 Å². The van der Waals surface area contributed by atoms with Crippen LogP contribution in [-0.4, -0.2) is 31.8 Å². The van der Waals surface area contributed by atoms with Crippen molar-refractivity contribution < 1.29 is 22.7 Å². The lowest BCUT2D eigenvalue weighted by Crippen LogP contribution is -2.28. The molecule has 2 aromatic carbocycles. The zero-order chi connectivity index (χ0) is 15.3. The first-order valence-electron chi connectivity index (χ1n) is 6.37. The van der Waals surface area contributed by atoms with E-state index in [2.05, 4.69) is 10.1 Å². The first-order valence-corrected chi connectivity index (χ1v) is 6.37. The molecule has 0 aliphatic carbocycles. The Kier molecular flexibility index (Phi) is 4.80. The molecular formula is C15H14F3NO2. The van der Waals surface area contributed by atoms with Gasteiger partial charge in [-0.15, -0.1) is 0 Å². The minimum absolute atomic E-state index is 0.0295. The Morgan fingerprint density at radius 1 is 1.10 bits per heavy atom. The number of fused-ring (bicyclic) bond motifs is 1. The fraction of sp³-hybridized carbons (Fsp3) is 0.267. The molecule has 112 valence electrons. The summed E-state index contributed by atoms with van der Waals surface area (Å²) in [6.07, 6.45) is -4.34. The van der Waals surface area contributed by atoms with E-state index in [0.717, 1.165) is 10.8 Å². The van der Waals surface area contributed by atoms with Gasteiger partial charge in [0.2, 0.25) is 0 Å². The Bertz CT molecular complexity index is 626. The van der Waals surface area contributed by atoms with E-state index in [4.69, 9.17) is 0 Å². The monoisotopic (exact) mass is 297 g/mol. The maximum Gasteiger partial charge on any atom is 0.411 e. The van der Waals surface area contributed by atoms with Crippen molar-refractivity contribution in [3.8, 4) is 0 Å². The molecular weight excluding hydrogens is 283 g/mol. The van der Waals surface area contributed by atoms with Crippen LogP contribution in [-0.2, 0) is 4.74 Å². The van der Waals surface area contributed by atoms with Crippen LogP contribution in [0.25, 0.3) is 10.8 Å². The predicted octanol–water partition coefficient (Wildman–Crippen LogP) is 3.15. The molecule has 0 fully saturated rings. The van der Waals surface area contributed by atoms with Crippen LogP contribution >= 0.6 is 0 Å². The number of benzene rings is 2. The first kappa shape index (κ1) is 15.3. The number of ether oxygens (including phenoxy) is 1. The number of carbonyl (C=O) groups excluding carboxylic acids is 1. The van der Waals surface area contributed by atoms with Crippen LogP contribution in [0, 0.1) is 0 Å². The zero-order valence-corrected chi connectivity index (χ0v) is 11.1. The molecule has 0 unspecified atom stereocenters. The van der Waals surface area contributed by atoms with Gasteiger partial charge in [-0.3, -0.25) is 4.79 Å². The third-order valence-corrected chi connectivity index (χ3v) is 2.81. The lowest BCUT2D eigenvalue weighted by atomic mass is 10.1. The minimum Gasteiger partial charge on any atom is -0.370 e. The number of hydrogen-bond acceptors (Lipinski definition) is 2. The molecule has 0 aromatic heterocycles. The first-order chi connectivity index (χ1) is 9.96. The molecule has 6 heteroatoms. The summed E-state index contributed by atoms with van der Waals surface area (Å²) in [6, 6.07) is 12.8. The van der Waals surface area contributed by atoms with Gasteiger partial charge in [-0.2, -0.15) is 13.2 Å². The molecule has 0 aliphatic heterocycles. The van der Waals surface area contributed by atoms with Gasteiger partial charge >= 0.3 is 6.18 Å². The minimum atomic E-state index is -4.34. The van der Waals surface area contributed by atoms with Crippen LogP contribution in [0.1, 0.15) is 10.4 Å². The topological polar surface area (TPSA) is 38.3 Å². The van der Waals surface area contributed by atoms with Gasteiger partial charge in [0.15, 0.2) is 0 Å². The Hall–Kier alpha value is -2.08. The van der Waals surface area contributed by atoms with Crippen LogP contribution in [0.4, 0.5) is 13.2 Å². The number of hydrogen-bond donors (Lipinski definition) is 1. The van der Waals surface area contributed by atoms with Gasteiger partial charge in [0.25, 0.3) is 5.91 Å². The van der Waals surface area contributed by atoms with E-state index in [1.165, 1.54) is 0 Å². The summed E-state index contributed by atoms with van der Waals surface area (Å²) in [5, 5.41) is 4.46. The highest BCUT2D eigenvalue weighted by Gasteiger charge is 2.27. The number of carbonyl (C=O) groups is 1. The van der Waals surface area contributed by atoms with Crippen molar-refractivity contribution in [3.05, 3.63) is 48.0 Å². The quantitative estimate of drug-likeness (QED) is 0.861. The highest BCUT2D eigenvalue weighted by atomic mass is 19.4. The molecule has 1 amide bonds. The zero-order valence-electron chi connectivity index (χ0n) is 11.1. The summed E-state index contributed by atoms with van der Waals surface area (Å²) < 4.78 is 39.9. The summed E-state index contributed by atoms with van der Waals surface area (Å²) in [5.74, 6) is -0.337. The van der Waals surface area contributed by atoms with E-state index in [0.29, 0.717) is 5.56 Å². The van der Waals surface area contributed by atoms with Gasteiger partial charge < -0.3 is 10.1 Å². The Morgan fingerprint density at radius 2 is 1.81 bits per heavy atom. The van der Waals surface area contributed by atoms with E-state index < -0.39 is 12.8 Å². The van der Waals surface area contributed by atoms with Crippen molar-refractivity contribution >= 4 is 16.7 Å². The molecule has 0 atom stereocenters. The highest BCUT2D eigenvalue weighted by Crippen LogP contribution is 2.16. The van der Waals surface area contributed by atoms with E-state index in [9.17, 15) is 18.0 Å². The molecule has 2 aromatic rings. The van der Waals surface area contributed by atoms with E-state index >= 15 is 0 Å². The number of nitrogens with one attached hydrogen (secondary N) is 1. The van der Waals surface area contributed by atoms with Crippen molar-refractivity contribution in [2.45, 2.75) is 6.18 Å². The van der Waals surface area contributed by atoms with Gasteiger partial charge in [0.05, 0.1) is 6.61 Å². The summed E-state index contributed by atoms with van der Waals surface area (Å²) in [7, 11) is 0. The normalized spacial score (nSPS) is 11.6. The lowest BCUT2D eigenvalue weighted by molar-refractivity contribution is -0.173. The van der Waals surface area contributed by atoms with Crippen LogP contribution in [0.2, 0.25) is 0 Å². The molecule has 0 saturated carbocycles. The van der Waals surface area contributed by atoms with Crippen molar-refractivity contribution in [2.75, 3.05) is 19.8 Å². The summed E-state index contributed by atoms with van der Waals surface area (Å²) in [5.41, 5.74) is 0.463.